The molecule has 0 N–H and O–H groups in total. The van der Waals surface area contributed by atoms with Gasteiger partial charge in [0.15, 0.2) is 5.78 Å². The van der Waals surface area contributed by atoms with E-state index in [1.54, 1.807) is 0 Å². The zero-order valence-electron chi connectivity index (χ0n) is 12.7. The Balaban J connectivity index is 2.11. The Bertz CT molecular complexity index is 476. The molecule has 1 aromatic rings. The van der Waals surface area contributed by atoms with E-state index in [0.29, 0.717) is 6.04 Å². The second-order valence-corrected chi connectivity index (χ2v) is 6.08. The van der Waals surface area contributed by atoms with Crippen molar-refractivity contribution in [1.29, 1.82) is 0 Å². The molecular weight excluding hydrogens is 234 g/mol. The quantitative estimate of drug-likeness (QED) is 0.753. The summed E-state index contributed by atoms with van der Waals surface area (Å²) in [6.07, 6.45) is 2.63. The molecular formula is C17H25NO. The molecule has 1 aromatic carbocycles. The lowest BCUT2D eigenvalue weighted by molar-refractivity contribution is 0.0811. The molecule has 0 radical (unpaired) electrons. The molecule has 0 saturated heterocycles. The Kier molecular flexibility index (Phi) is 4.10. The van der Waals surface area contributed by atoms with Crippen molar-refractivity contribution in [2.24, 2.45) is 5.92 Å². The first-order valence-electron chi connectivity index (χ1n) is 7.25. The van der Waals surface area contributed by atoms with Gasteiger partial charge in [0.2, 0.25) is 0 Å². The van der Waals surface area contributed by atoms with Gasteiger partial charge in [0, 0.05) is 11.6 Å². The van der Waals surface area contributed by atoms with Crippen LogP contribution in [0.5, 0.6) is 0 Å². The van der Waals surface area contributed by atoms with Crippen molar-refractivity contribution in [1.82, 2.24) is 4.90 Å². The summed E-state index contributed by atoms with van der Waals surface area (Å²) in [5.41, 5.74) is 3.27. The highest BCUT2D eigenvalue weighted by atomic mass is 16.1. The van der Waals surface area contributed by atoms with Gasteiger partial charge < -0.3 is 0 Å². The van der Waals surface area contributed by atoms with E-state index in [0.717, 1.165) is 11.5 Å². The molecule has 2 nitrogen and oxygen atoms in total. The lowest BCUT2D eigenvalue weighted by Crippen LogP contribution is -2.42. The molecule has 19 heavy (non-hydrogen) atoms. The summed E-state index contributed by atoms with van der Waals surface area (Å²) in [5.74, 6) is 1.03. The largest absolute Gasteiger partial charge is 0.294 e. The first-order chi connectivity index (χ1) is 8.91. The van der Waals surface area contributed by atoms with E-state index in [2.05, 4.69) is 32.7 Å². The van der Waals surface area contributed by atoms with E-state index in [4.69, 9.17) is 0 Å². The predicted molar refractivity (Wildman–Crippen MR) is 79.7 cm³/mol. The minimum Gasteiger partial charge on any atom is -0.294 e. The third-order valence-electron chi connectivity index (χ3n) is 4.73. The number of aryl methyl sites for hydroxylation is 2. The molecule has 2 rings (SSSR count). The molecule has 0 aromatic heterocycles. The summed E-state index contributed by atoms with van der Waals surface area (Å²) in [6.45, 7) is 8.40. The Morgan fingerprint density at radius 2 is 1.84 bits per heavy atom. The number of benzene rings is 1. The molecule has 2 unspecified atom stereocenters. The molecule has 0 amide bonds. The van der Waals surface area contributed by atoms with E-state index >= 15 is 0 Å². The minimum atomic E-state index is -0.0438. The maximum Gasteiger partial charge on any atom is 0.179 e. The Hall–Kier alpha value is -1.15. The van der Waals surface area contributed by atoms with E-state index in [-0.39, 0.29) is 11.8 Å². The molecule has 1 fully saturated rings. The normalized spacial score (nSPS) is 18.4. The molecule has 0 bridgehead atoms. The summed E-state index contributed by atoms with van der Waals surface area (Å²) in [6, 6.07) is 6.48. The molecule has 0 spiro atoms. The van der Waals surface area contributed by atoms with Crippen molar-refractivity contribution >= 4 is 5.78 Å². The van der Waals surface area contributed by atoms with E-state index < -0.39 is 0 Å². The van der Waals surface area contributed by atoms with Gasteiger partial charge in [0.25, 0.3) is 0 Å². The van der Waals surface area contributed by atoms with Crippen LogP contribution in [0, 0.1) is 19.8 Å². The third kappa shape index (κ3) is 3.06. The van der Waals surface area contributed by atoms with Gasteiger partial charge in [-0.3, -0.25) is 9.69 Å². The highest BCUT2D eigenvalue weighted by molar-refractivity contribution is 6.00. The summed E-state index contributed by atoms with van der Waals surface area (Å²) >= 11 is 0. The monoisotopic (exact) mass is 259 g/mol. The second-order valence-electron chi connectivity index (χ2n) is 6.08. The average Bonchev–Trinajstić information content (AvgIpc) is 3.23. The van der Waals surface area contributed by atoms with Crippen LogP contribution in [0.2, 0.25) is 0 Å². The van der Waals surface area contributed by atoms with Crippen molar-refractivity contribution in [2.45, 2.75) is 52.6 Å². The summed E-state index contributed by atoms with van der Waals surface area (Å²) in [7, 11) is 2.08. The zero-order valence-corrected chi connectivity index (χ0v) is 12.7. The fourth-order valence-corrected chi connectivity index (χ4v) is 2.58. The number of rotatable bonds is 5. The minimum absolute atomic E-state index is 0.0438. The van der Waals surface area contributed by atoms with Crippen molar-refractivity contribution in [3.8, 4) is 0 Å². The number of hydrogen-bond donors (Lipinski definition) is 0. The lowest BCUT2D eigenvalue weighted by atomic mass is 9.99. The number of likely N-dealkylation sites (N-methyl/N-ethyl adjacent to an activating group) is 1. The Morgan fingerprint density at radius 1 is 1.21 bits per heavy atom. The van der Waals surface area contributed by atoms with E-state index in [9.17, 15) is 4.79 Å². The van der Waals surface area contributed by atoms with Crippen LogP contribution in [-0.4, -0.2) is 29.8 Å². The summed E-state index contributed by atoms with van der Waals surface area (Å²) in [4.78, 5) is 14.8. The third-order valence-corrected chi connectivity index (χ3v) is 4.73. The van der Waals surface area contributed by atoms with Crippen LogP contribution in [-0.2, 0) is 0 Å². The molecule has 1 aliphatic rings. The van der Waals surface area contributed by atoms with Crippen LogP contribution in [0.15, 0.2) is 18.2 Å². The smallest absolute Gasteiger partial charge is 0.179 e. The number of carbonyl (C=O) groups excluding carboxylic acids is 1. The Morgan fingerprint density at radius 3 is 2.37 bits per heavy atom. The van der Waals surface area contributed by atoms with Crippen molar-refractivity contribution in [3.63, 3.8) is 0 Å². The van der Waals surface area contributed by atoms with Gasteiger partial charge in [-0.05, 0) is 70.7 Å². The molecule has 1 saturated carbocycles. The van der Waals surface area contributed by atoms with Crippen LogP contribution < -0.4 is 0 Å². The molecule has 2 atom stereocenters. The molecule has 1 aliphatic carbocycles. The number of hydrogen-bond acceptors (Lipinski definition) is 2. The van der Waals surface area contributed by atoms with Crippen molar-refractivity contribution < 1.29 is 4.79 Å². The summed E-state index contributed by atoms with van der Waals surface area (Å²) in [5, 5.41) is 0. The summed E-state index contributed by atoms with van der Waals surface area (Å²) < 4.78 is 0. The second kappa shape index (κ2) is 5.46. The number of Topliss-reactive ketones (excluding diaryl/α,β-unsaturated/α-hetero) is 1. The molecule has 104 valence electrons. The topological polar surface area (TPSA) is 20.3 Å². The maximum atomic E-state index is 12.6. The van der Waals surface area contributed by atoms with Gasteiger partial charge in [-0.15, -0.1) is 0 Å². The van der Waals surface area contributed by atoms with Crippen LogP contribution in [0.4, 0.5) is 0 Å². The predicted octanol–water partition coefficient (Wildman–Crippen LogP) is 3.60. The van der Waals surface area contributed by atoms with E-state index in [1.807, 2.05) is 25.1 Å². The lowest BCUT2D eigenvalue weighted by Gasteiger charge is -2.30. The fourth-order valence-electron chi connectivity index (χ4n) is 2.58. The first-order valence-corrected chi connectivity index (χ1v) is 7.25. The molecule has 0 heterocycles. The van der Waals surface area contributed by atoms with E-state index in [1.165, 1.54) is 24.0 Å². The number of ketones is 1. The van der Waals surface area contributed by atoms with Gasteiger partial charge in [-0.1, -0.05) is 12.1 Å². The fraction of sp³-hybridized carbons (Fsp3) is 0.588. The van der Waals surface area contributed by atoms with Crippen molar-refractivity contribution in [3.05, 3.63) is 34.9 Å². The van der Waals surface area contributed by atoms with Gasteiger partial charge in [0.1, 0.15) is 0 Å². The molecule has 0 aliphatic heterocycles. The first kappa shape index (κ1) is 14.3. The molecule has 2 heteroatoms. The van der Waals surface area contributed by atoms with Crippen LogP contribution in [0.3, 0.4) is 0 Å². The number of carbonyl (C=O) groups is 1. The van der Waals surface area contributed by atoms with Gasteiger partial charge in [-0.2, -0.15) is 0 Å². The van der Waals surface area contributed by atoms with Gasteiger partial charge in [0.05, 0.1) is 6.04 Å². The van der Waals surface area contributed by atoms with Crippen LogP contribution >= 0.6 is 0 Å². The van der Waals surface area contributed by atoms with Crippen LogP contribution in [0.25, 0.3) is 0 Å². The highest BCUT2D eigenvalue weighted by Gasteiger charge is 2.34. The van der Waals surface area contributed by atoms with Gasteiger partial charge >= 0.3 is 0 Å². The van der Waals surface area contributed by atoms with Crippen molar-refractivity contribution in [2.75, 3.05) is 7.05 Å². The zero-order chi connectivity index (χ0) is 14.2. The van der Waals surface area contributed by atoms with Gasteiger partial charge in [-0.25, -0.2) is 0 Å². The average molecular weight is 259 g/mol. The maximum absolute atomic E-state index is 12.6. The highest BCUT2D eigenvalue weighted by Crippen LogP contribution is 2.35. The Labute approximate surface area is 116 Å². The SMILES string of the molecule is Cc1ccc(C(=O)C(C)N(C)C(C)C2CC2)cc1C. The van der Waals surface area contributed by atoms with Crippen LogP contribution in [0.1, 0.15) is 48.2 Å². The standard InChI is InChI=1S/C17H25NO/c1-11-6-7-16(10-12(11)2)17(19)14(4)18(5)13(3)15-8-9-15/h6-7,10,13-15H,8-9H2,1-5H3. The number of nitrogens with zero attached hydrogens (tertiary/aromatic N) is 1.